The standard InChI is InChI=1S/C29H50O8/c1-3-21-19-18-20(2)22(14-10-6-4-8-12-16-24(26(30)31)27(32)33)23(21)15-11-7-5-9-13-17-25(28(34)35)29(36)37/h20-25H,3-19H2,1-2H3,(H,30,31)(H,32,33)(H,34,35)(H,36,37). The summed E-state index contributed by atoms with van der Waals surface area (Å²) in [5, 5.41) is 35.9. The van der Waals surface area contributed by atoms with E-state index in [0.717, 1.165) is 68.6 Å². The number of rotatable bonds is 21. The third-order valence-corrected chi connectivity index (χ3v) is 8.66. The van der Waals surface area contributed by atoms with E-state index in [-0.39, 0.29) is 12.8 Å². The van der Waals surface area contributed by atoms with Gasteiger partial charge in [-0.15, -0.1) is 0 Å². The molecule has 0 saturated heterocycles. The Labute approximate surface area is 222 Å². The van der Waals surface area contributed by atoms with E-state index in [9.17, 15) is 19.2 Å². The summed E-state index contributed by atoms with van der Waals surface area (Å²) in [5.74, 6) is -4.61. The van der Waals surface area contributed by atoms with Crippen molar-refractivity contribution in [3.8, 4) is 0 Å². The largest absolute Gasteiger partial charge is 0.481 e. The molecular weight excluding hydrogens is 476 g/mol. The molecule has 1 rings (SSSR count). The molecule has 37 heavy (non-hydrogen) atoms. The van der Waals surface area contributed by atoms with Crippen LogP contribution in [0, 0.1) is 35.5 Å². The van der Waals surface area contributed by atoms with Crippen molar-refractivity contribution >= 4 is 23.9 Å². The number of hydrogen-bond donors (Lipinski definition) is 4. The lowest BCUT2D eigenvalue weighted by molar-refractivity contribution is -0.156. The minimum Gasteiger partial charge on any atom is -0.481 e. The van der Waals surface area contributed by atoms with E-state index in [1.54, 1.807) is 0 Å². The van der Waals surface area contributed by atoms with E-state index in [1.807, 2.05) is 0 Å². The molecule has 0 aromatic heterocycles. The molecule has 0 aromatic carbocycles. The highest BCUT2D eigenvalue weighted by atomic mass is 16.4. The summed E-state index contributed by atoms with van der Waals surface area (Å²) in [5.41, 5.74) is 0. The number of carboxylic acid groups (broad SMARTS) is 4. The molecule has 0 bridgehead atoms. The molecule has 8 nitrogen and oxygen atoms in total. The van der Waals surface area contributed by atoms with Crippen LogP contribution in [0.2, 0.25) is 0 Å². The quantitative estimate of drug-likeness (QED) is 0.0952. The molecule has 1 fully saturated rings. The first-order chi connectivity index (χ1) is 17.6. The fraction of sp³-hybridized carbons (Fsp3) is 0.862. The second-order valence-corrected chi connectivity index (χ2v) is 11.2. The molecule has 0 amide bonds. The highest BCUT2D eigenvalue weighted by Gasteiger charge is 2.35. The zero-order chi connectivity index (χ0) is 27.8. The van der Waals surface area contributed by atoms with Gasteiger partial charge in [0.15, 0.2) is 11.8 Å². The van der Waals surface area contributed by atoms with Crippen LogP contribution in [0.3, 0.4) is 0 Å². The fourth-order valence-corrected chi connectivity index (χ4v) is 6.35. The van der Waals surface area contributed by atoms with E-state index < -0.39 is 35.7 Å². The van der Waals surface area contributed by atoms with Crippen LogP contribution in [0.1, 0.15) is 123 Å². The molecule has 1 aliphatic rings. The summed E-state index contributed by atoms with van der Waals surface area (Å²) < 4.78 is 0. The Kier molecular flexibility index (Phi) is 16.2. The predicted molar refractivity (Wildman–Crippen MR) is 141 cm³/mol. The van der Waals surface area contributed by atoms with E-state index in [2.05, 4.69) is 13.8 Å². The summed E-state index contributed by atoms with van der Waals surface area (Å²) in [6, 6.07) is 0. The SMILES string of the molecule is CCC1CCC(C)C(CCCCCCCC(C(=O)O)C(=O)O)C1CCCCCCCC(C(=O)O)C(=O)O. The molecule has 4 atom stereocenters. The summed E-state index contributed by atoms with van der Waals surface area (Å²) in [7, 11) is 0. The van der Waals surface area contributed by atoms with Crippen molar-refractivity contribution in [1.82, 2.24) is 0 Å². The Bertz CT molecular complexity index is 678. The Morgan fingerprint density at radius 3 is 1.38 bits per heavy atom. The zero-order valence-electron chi connectivity index (χ0n) is 22.9. The van der Waals surface area contributed by atoms with Crippen LogP contribution < -0.4 is 0 Å². The maximum absolute atomic E-state index is 11.0. The first-order valence-electron chi connectivity index (χ1n) is 14.5. The Balaban J connectivity index is 2.36. The van der Waals surface area contributed by atoms with Crippen LogP contribution >= 0.6 is 0 Å². The maximum atomic E-state index is 11.0. The molecule has 0 spiro atoms. The lowest BCUT2D eigenvalue weighted by atomic mass is 9.63. The average Bonchev–Trinajstić information content (AvgIpc) is 2.82. The van der Waals surface area contributed by atoms with Gasteiger partial charge >= 0.3 is 23.9 Å². The van der Waals surface area contributed by atoms with Crippen LogP contribution in [0.5, 0.6) is 0 Å². The van der Waals surface area contributed by atoms with Gasteiger partial charge < -0.3 is 20.4 Å². The molecule has 0 aromatic rings. The van der Waals surface area contributed by atoms with Gasteiger partial charge in [-0.05, 0) is 55.8 Å². The van der Waals surface area contributed by atoms with Crippen molar-refractivity contribution in [2.24, 2.45) is 35.5 Å². The highest BCUT2D eigenvalue weighted by molar-refractivity contribution is 5.93. The number of unbranched alkanes of at least 4 members (excludes halogenated alkanes) is 8. The van der Waals surface area contributed by atoms with Gasteiger partial charge in [0, 0.05) is 0 Å². The van der Waals surface area contributed by atoms with Gasteiger partial charge in [0.05, 0.1) is 0 Å². The number of carboxylic acids is 4. The normalized spacial score (nSPS) is 21.8. The number of carbonyl (C=O) groups is 4. The van der Waals surface area contributed by atoms with Crippen molar-refractivity contribution in [2.75, 3.05) is 0 Å². The van der Waals surface area contributed by atoms with E-state index in [0.29, 0.717) is 12.8 Å². The van der Waals surface area contributed by atoms with Crippen molar-refractivity contribution in [3.63, 3.8) is 0 Å². The van der Waals surface area contributed by atoms with Crippen molar-refractivity contribution < 1.29 is 39.6 Å². The Morgan fingerprint density at radius 2 is 0.973 bits per heavy atom. The summed E-state index contributed by atoms with van der Waals surface area (Å²) in [6.07, 6.45) is 16.2. The number of aliphatic carboxylic acids is 4. The summed E-state index contributed by atoms with van der Waals surface area (Å²) in [6.45, 7) is 4.69. The molecule has 214 valence electrons. The molecule has 4 N–H and O–H groups in total. The highest BCUT2D eigenvalue weighted by Crippen LogP contribution is 2.45. The zero-order valence-corrected chi connectivity index (χ0v) is 22.9. The Morgan fingerprint density at radius 1 is 0.595 bits per heavy atom. The maximum Gasteiger partial charge on any atom is 0.317 e. The van der Waals surface area contributed by atoms with Gasteiger partial charge in [0.2, 0.25) is 0 Å². The van der Waals surface area contributed by atoms with Gasteiger partial charge in [-0.25, -0.2) is 0 Å². The van der Waals surface area contributed by atoms with Crippen molar-refractivity contribution in [3.05, 3.63) is 0 Å². The van der Waals surface area contributed by atoms with Gasteiger partial charge in [-0.3, -0.25) is 19.2 Å². The molecule has 0 heterocycles. The predicted octanol–water partition coefficient (Wildman–Crippen LogP) is 6.71. The first-order valence-corrected chi connectivity index (χ1v) is 14.5. The van der Waals surface area contributed by atoms with Crippen LogP contribution in [-0.4, -0.2) is 44.3 Å². The molecule has 0 radical (unpaired) electrons. The second-order valence-electron chi connectivity index (χ2n) is 11.2. The third-order valence-electron chi connectivity index (χ3n) is 8.66. The Hall–Kier alpha value is -2.12. The first kappa shape index (κ1) is 32.9. The molecule has 1 aliphatic carbocycles. The van der Waals surface area contributed by atoms with Crippen molar-refractivity contribution in [2.45, 2.75) is 123 Å². The smallest absolute Gasteiger partial charge is 0.317 e. The lowest BCUT2D eigenvalue weighted by Gasteiger charge is -2.42. The summed E-state index contributed by atoms with van der Waals surface area (Å²) in [4.78, 5) is 43.9. The van der Waals surface area contributed by atoms with Gasteiger partial charge in [0.25, 0.3) is 0 Å². The van der Waals surface area contributed by atoms with Crippen LogP contribution in [0.25, 0.3) is 0 Å². The van der Waals surface area contributed by atoms with Crippen LogP contribution in [0.4, 0.5) is 0 Å². The molecule has 0 aliphatic heterocycles. The lowest BCUT2D eigenvalue weighted by Crippen LogP contribution is -2.33. The van der Waals surface area contributed by atoms with Gasteiger partial charge in [0.1, 0.15) is 0 Å². The van der Waals surface area contributed by atoms with E-state index in [1.165, 1.54) is 38.5 Å². The van der Waals surface area contributed by atoms with E-state index in [4.69, 9.17) is 20.4 Å². The molecular formula is C29H50O8. The van der Waals surface area contributed by atoms with Gasteiger partial charge in [-0.1, -0.05) is 90.9 Å². The molecule has 4 unspecified atom stereocenters. The van der Waals surface area contributed by atoms with Crippen LogP contribution in [-0.2, 0) is 19.2 Å². The minimum absolute atomic E-state index is 0.199. The molecule has 8 heteroatoms. The van der Waals surface area contributed by atoms with Crippen LogP contribution in [0.15, 0.2) is 0 Å². The second kappa shape index (κ2) is 18.2. The topological polar surface area (TPSA) is 149 Å². The number of hydrogen-bond acceptors (Lipinski definition) is 4. The van der Waals surface area contributed by atoms with Gasteiger partial charge in [-0.2, -0.15) is 0 Å². The monoisotopic (exact) mass is 526 g/mol. The average molecular weight is 527 g/mol. The van der Waals surface area contributed by atoms with E-state index >= 15 is 0 Å². The summed E-state index contributed by atoms with van der Waals surface area (Å²) >= 11 is 0. The minimum atomic E-state index is -1.29. The molecule has 1 saturated carbocycles. The third kappa shape index (κ3) is 12.3. The fourth-order valence-electron chi connectivity index (χ4n) is 6.35. The van der Waals surface area contributed by atoms with Crippen molar-refractivity contribution in [1.29, 1.82) is 0 Å².